The molecule has 0 aliphatic heterocycles. The molecule has 0 fully saturated rings. The van der Waals surface area contributed by atoms with Crippen LogP contribution in [0.25, 0.3) is 33.4 Å². The summed E-state index contributed by atoms with van der Waals surface area (Å²) in [5, 5.41) is 1.50. The largest absolute Gasteiger partial charge is 1.00 e. The minimum absolute atomic E-state index is 0. The number of allylic oxidation sites excluding steroid dienone is 4. The van der Waals surface area contributed by atoms with Gasteiger partial charge in [0.1, 0.15) is 0 Å². The maximum Gasteiger partial charge on any atom is -1.00 e. The Hall–Kier alpha value is -3.29. The van der Waals surface area contributed by atoms with Crippen LogP contribution in [-0.2, 0) is 38.5 Å². The van der Waals surface area contributed by atoms with Crippen LogP contribution < -0.4 is 28.1 Å². The molecule has 6 aromatic carbocycles. The van der Waals surface area contributed by atoms with E-state index in [1.54, 1.807) is 3.27 Å². The number of benzene rings is 6. The quantitative estimate of drug-likeness (QED) is 0.159. The van der Waals surface area contributed by atoms with Crippen LogP contribution in [0.4, 0.5) is 0 Å². The Morgan fingerprint density at radius 1 is 0.554 bits per heavy atom. The third kappa shape index (κ3) is 8.19. The van der Waals surface area contributed by atoms with Gasteiger partial charge >= 0.3 is 342 Å². The number of hydrogen-bond acceptors (Lipinski definition) is 0. The van der Waals surface area contributed by atoms with Crippen molar-refractivity contribution in [2.75, 3.05) is 0 Å². The molecule has 0 atom stereocenters. The maximum absolute atomic E-state index is 6.86. The van der Waals surface area contributed by atoms with Gasteiger partial charge in [0, 0.05) is 0 Å². The third-order valence-corrected chi connectivity index (χ3v) is 19.4. The number of hydrogen-bond donors (Lipinski definition) is 0. The molecule has 0 saturated heterocycles. The summed E-state index contributed by atoms with van der Waals surface area (Å²) in [4.78, 5) is 0. The van der Waals surface area contributed by atoms with E-state index in [0.29, 0.717) is 3.63 Å². The molecule has 6 aromatic rings. The van der Waals surface area contributed by atoms with Crippen molar-refractivity contribution in [2.45, 2.75) is 62.4 Å². The number of fused-ring (bicyclic) bond motifs is 3. The monoisotopic (exact) mass is 888 g/mol. The molecular weight excluding hydrogens is 846 g/mol. The van der Waals surface area contributed by atoms with Crippen LogP contribution in [0.3, 0.4) is 0 Å². The summed E-state index contributed by atoms with van der Waals surface area (Å²) in [5.41, 5.74) is 16.0. The summed E-state index contributed by atoms with van der Waals surface area (Å²) in [6.45, 7) is 14.2. The van der Waals surface area contributed by atoms with Crippen LogP contribution in [0.5, 0.6) is 0 Å². The molecule has 0 saturated carbocycles. The van der Waals surface area contributed by atoms with E-state index in [2.05, 4.69) is 181 Å². The first-order valence-electron chi connectivity index (χ1n) is 19.0. The van der Waals surface area contributed by atoms with Crippen molar-refractivity contribution in [1.82, 2.24) is 0 Å². The molecule has 56 heavy (non-hydrogen) atoms. The van der Waals surface area contributed by atoms with Crippen molar-refractivity contribution in [1.29, 1.82) is 0 Å². The summed E-state index contributed by atoms with van der Waals surface area (Å²) in [6.07, 6.45) is 10.3. The molecule has 0 bridgehead atoms. The molecule has 282 valence electrons. The summed E-state index contributed by atoms with van der Waals surface area (Å²) in [7, 11) is 0. The first-order chi connectivity index (χ1) is 25.9. The van der Waals surface area contributed by atoms with Crippen LogP contribution in [0.1, 0.15) is 74.9 Å². The predicted octanol–water partition coefficient (Wildman–Crippen LogP) is 7.93. The van der Waals surface area contributed by atoms with Gasteiger partial charge in [-0.05, 0) is 0 Å². The summed E-state index contributed by atoms with van der Waals surface area (Å²) in [5.74, 6) is 0. The van der Waals surface area contributed by atoms with Crippen LogP contribution in [0.2, 0.25) is 13.7 Å². The van der Waals surface area contributed by atoms with Crippen molar-refractivity contribution in [2.24, 2.45) is 0 Å². The van der Waals surface area contributed by atoms with E-state index in [-0.39, 0.29) is 35.6 Å². The number of rotatable bonds is 6. The van der Waals surface area contributed by atoms with Crippen LogP contribution in [0, 0.1) is 0 Å². The predicted molar refractivity (Wildman–Crippen MR) is 231 cm³/mol. The van der Waals surface area contributed by atoms with Gasteiger partial charge in [-0.1, -0.05) is 0 Å². The van der Waals surface area contributed by atoms with E-state index in [1.807, 2.05) is 12.1 Å². The van der Waals surface area contributed by atoms with Gasteiger partial charge < -0.3 is 24.8 Å². The first kappa shape index (κ1) is 42.3. The Labute approximate surface area is 363 Å². The Morgan fingerprint density at radius 2 is 1.07 bits per heavy atom. The van der Waals surface area contributed by atoms with Crippen molar-refractivity contribution in [3.05, 3.63) is 195 Å². The first-order valence-corrected chi connectivity index (χ1v) is 23.6. The molecular formula is C51H46Cl4Zr. The van der Waals surface area contributed by atoms with Crippen molar-refractivity contribution in [3.8, 4) is 33.4 Å². The summed E-state index contributed by atoms with van der Waals surface area (Å²) < 4.78 is 3.30. The van der Waals surface area contributed by atoms with Crippen LogP contribution in [-0.4, -0.2) is 3.21 Å². The fraction of sp³-hybridized carbons (Fsp3) is 0.196. The molecule has 0 amide bonds. The Bertz CT molecular complexity index is 2440. The van der Waals surface area contributed by atoms with Gasteiger partial charge in [-0.2, -0.15) is 0 Å². The molecule has 8 rings (SSSR count). The van der Waals surface area contributed by atoms with Crippen molar-refractivity contribution in [3.63, 3.8) is 0 Å². The molecule has 0 unspecified atom stereocenters. The third-order valence-electron chi connectivity index (χ3n) is 10.9. The zero-order chi connectivity index (χ0) is 37.8. The minimum atomic E-state index is -3.14. The molecule has 2 aliphatic carbocycles. The molecule has 2 aliphatic rings. The fourth-order valence-electron chi connectivity index (χ4n) is 8.50. The van der Waals surface area contributed by atoms with Gasteiger partial charge in [0.15, 0.2) is 0 Å². The van der Waals surface area contributed by atoms with Crippen molar-refractivity contribution >= 4 is 29.7 Å². The van der Waals surface area contributed by atoms with Crippen molar-refractivity contribution < 1.29 is 46.1 Å². The average Bonchev–Trinajstić information content (AvgIpc) is 3.81. The molecule has 0 spiro atoms. The second-order valence-electron chi connectivity index (χ2n) is 16.8. The van der Waals surface area contributed by atoms with Gasteiger partial charge in [0.25, 0.3) is 0 Å². The van der Waals surface area contributed by atoms with Gasteiger partial charge in [-0.3, -0.25) is 0 Å². The van der Waals surface area contributed by atoms with E-state index in [9.17, 15) is 0 Å². The van der Waals surface area contributed by atoms with E-state index in [4.69, 9.17) is 23.2 Å². The summed E-state index contributed by atoms with van der Waals surface area (Å²) >= 11 is 10.6. The Kier molecular flexibility index (Phi) is 12.8. The fourth-order valence-corrected chi connectivity index (χ4v) is 17.6. The zero-order valence-corrected chi connectivity index (χ0v) is 38.2. The standard InChI is InChI=1S/C33H33.C13H8Cl2.C5H5.2ClH.Zr/c1-32(2,3)30-20-26-24(18-28(30)22-13-9-7-10-14-22)17-25-19-29(23-15-11-8-12-16-23)31(21-27(25)26)33(4,5)6;14-12-5-1-3-10(8-12)7-11-4-2-6-13(15)9-11;1-2-4-5-3-1;;;/h7-16,18,20-21H,17H2,1-6H3;1-6,8-9H;1-5H;2*1H;/q;;;;;+2/p-2. The van der Waals surface area contributed by atoms with Gasteiger partial charge in [0.05, 0.1) is 0 Å². The minimum Gasteiger partial charge on any atom is -1.00 e. The maximum atomic E-state index is 6.86. The Balaban J connectivity index is 0.00000266. The molecule has 0 N–H and O–H groups in total. The smallest absolute Gasteiger partial charge is 1.00 e. The molecule has 0 aromatic heterocycles. The van der Waals surface area contributed by atoms with E-state index >= 15 is 0 Å². The van der Waals surface area contributed by atoms with Gasteiger partial charge in [-0.15, -0.1) is 0 Å². The summed E-state index contributed by atoms with van der Waals surface area (Å²) in [6, 6.07) is 46.8. The second kappa shape index (κ2) is 16.9. The normalized spacial score (nSPS) is 13.0. The van der Waals surface area contributed by atoms with Gasteiger partial charge in [0.2, 0.25) is 0 Å². The van der Waals surface area contributed by atoms with E-state index in [1.165, 1.54) is 70.0 Å². The second-order valence-corrected chi connectivity index (χ2v) is 23.8. The zero-order valence-electron chi connectivity index (χ0n) is 32.7. The molecule has 5 heteroatoms. The molecule has 0 radical (unpaired) electrons. The Morgan fingerprint density at radius 3 is 1.59 bits per heavy atom. The van der Waals surface area contributed by atoms with E-state index < -0.39 is 21.3 Å². The topological polar surface area (TPSA) is 0 Å². The SMILES string of the molecule is CC(C)(C)c1cc2c(cc1-c1ccccc1)Cc1c-2cc(C(C)(C)C)c(-c2ccccc2)[c]1[Zr+2](=[C](c1cccc(Cl)c1)c1cccc(Cl)c1)[CH]1C=CC=C1.[Cl-].[Cl-]. The number of halogens is 4. The van der Waals surface area contributed by atoms with Crippen LogP contribution >= 0.6 is 23.2 Å². The van der Waals surface area contributed by atoms with Crippen LogP contribution in [0.15, 0.2) is 152 Å². The van der Waals surface area contributed by atoms with Gasteiger partial charge in [-0.25, -0.2) is 0 Å². The average molecular weight is 892 g/mol. The van der Waals surface area contributed by atoms with E-state index in [0.717, 1.165) is 16.5 Å². The molecule has 0 heterocycles. The molecule has 0 nitrogen and oxygen atoms in total.